The minimum absolute atomic E-state index is 0.293. The molecule has 0 saturated heterocycles. The fourth-order valence-electron chi connectivity index (χ4n) is 0.845. The Kier molecular flexibility index (Phi) is 2.61. The number of aliphatic hydroxyl groups is 1. The minimum atomic E-state index is -0.710. The zero-order chi connectivity index (χ0) is 9.14. The average molecular weight is 171 g/mol. The molecule has 6 heteroatoms. The summed E-state index contributed by atoms with van der Waals surface area (Å²) < 4.78 is 1.41. The molecular formula is C6H13N5O. The van der Waals surface area contributed by atoms with E-state index in [1.165, 1.54) is 4.68 Å². The number of aromatic nitrogens is 3. The molecule has 0 aliphatic rings. The summed E-state index contributed by atoms with van der Waals surface area (Å²) >= 11 is 0. The molecule has 0 spiro atoms. The molecule has 68 valence electrons. The lowest BCUT2D eigenvalue weighted by molar-refractivity contribution is 0.160. The van der Waals surface area contributed by atoms with Gasteiger partial charge in [-0.3, -0.25) is 0 Å². The van der Waals surface area contributed by atoms with Crippen molar-refractivity contribution >= 4 is 5.95 Å². The van der Waals surface area contributed by atoms with Gasteiger partial charge in [-0.1, -0.05) is 0 Å². The molecule has 0 aliphatic heterocycles. The summed E-state index contributed by atoms with van der Waals surface area (Å²) in [6.45, 7) is 0.402. The van der Waals surface area contributed by atoms with Crippen molar-refractivity contribution in [2.24, 2.45) is 12.8 Å². The highest BCUT2D eigenvalue weighted by Crippen LogP contribution is 2.11. The van der Waals surface area contributed by atoms with E-state index in [0.29, 0.717) is 24.7 Å². The van der Waals surface area contributed by atoms with Gasteiger partial charge in [-0.15, -0.1) is 0 Å². The number of hydrogen-bond acceptors (Lipinski definition) is 5. The second-order valence-corrected chi connectivity index (χ2v) is 2.54. The quantitative estimate of drug-likeness (QED) is 0.529. The number of hydrogen-bond donors (Lipinski definition) is 3. The molecule has 1 heterocycles. The van der Waals surface area contributed by atoms with E-state index < -0.39 is 6.10 Å². The van der Waals surface area contributed by atoms with E-state index >= 15 is 0 Å². The third kappa shape index (κ3) is 1.72. The largest absolute Gasteiger partial charge is 0.385 e. The van der Waals surface area contributed by atoms with Crippen LogP contribution in [0, 0.1) is 0 Å². The summed E-state index contributed by atoms with van der Waals surface area (Å²) in [5, 5.41) is 13.3. The topological polar surface area (TPSA) is 103 Å². The Bertz CT molecular complexity index is 239. The molecule has 1 aromatic rings. The molecule has 6 nitrogen and oxygen atoms in total. The zero-order valence-electron chi connectivity index (χ0n) is 6.94. The Morgan fingerprint density at radius 3 is 2.75 bits per heavy atom. The van der Waals surface area contributed by atoms with E-state index in [-0.39, 0.29) is 0 Å². The number of nitrogens with zero attached hydrogens (tertiary/aromatic N) is 3. The molecule has 0 amide bonds. The number of nitrogens with two attached hydrogens (primary N) is 2. The molecule has 1 atom stereocenters. The molecule has 0 radical (unpaired) electrons. The second-order valence-electron chi connectivity index (χ2n) is 2.54. The van der Waals surface area contributed by atoms with Gasteiger partial charge in [0.2, 0.25) is 5.95 Å². The highest BCUT2D eigenvalue weighted by molar-refractivity contribution is 5.16. The second kappa shape index (κ2) is 3.51. The van der Waals surface area contributed by atoms with Gasteiger partial charge in [-0.2, -0.15) is 10.1 Å². The maximum Gasteiger partial charge on any atom is 0.218 e. The molecule has 1 aromatic heterocycles. The smallest absolute Gasteiger partial charge is 0.218 e. The van der Waals surface area contributed by atoms with Gasteiger partial charge in [0.15, 0.2) is 5.82 Å². The normalized spacial score (nSPS) is 13.2. The first kappa shape index (κ1) is 8.95. The summed E-state index contributed by atoms with van der Waals surface area (Å²) in [4.78, 5) is 3.85. The van der Waals surface area contributed by atoms with Crippen LogP contribution in [-0.4, -0.2) is 26.4 Å². The number of aryl methyl sites for hydroxylation is 1. The van der Waals surface area contributed by atoms with Gasteiger partial charge >= 0.3 is 0 Å². The van der Waals surface area contributed by atoms with Crippen LogP contribution < -0.4 is 11.5 Å². The molecule has 0 fully saturated rings. The fraction of sp³-hybridized carbons (Fsp3) is 0.667. The van der Waals surface area contributed by atoms with Crippen LogP contribution in [-0.2, 0) is 7.05 Å². The summed E-state index contributed by atoms with van der Waals surface area (Å²) in [6.07, 6.45) is -0.262. The van der Waals surface area contributed by atoms with E-state index in [2.05, 4.69) is 10.1 Å². The van der Waals surface area contributed by atoms with E-state index in [0.717, 1.165) is 0 Å². The lowest BCUT2D eigenvalue weighted by atomic mass is 10.2. The van der Waals surface area contributed by atoms with Crippen molar-refractivity contribution in [1.29, 1.82) is 0 Å². The first-order valence-corrected chi connectivity index (χ1v) is 3.69. The van der Waals surface area contributed by atoms with Gasteiger partial charge in [0.25, 0.3) is 0 Å². The van der Waals surface area contributed by atoms with Crippen molar-refractivity contribution in [2.45, 2.75) is 12.5 Å². The van der Waals surface area contributed by atoms with E-state index in [1.54, 1.807) is 7.05 Å². The Morgan fingerprint density at radius 1 is 1.67 bits per heavy atom. The first-order valence-electron chi connectivity index (χ1n) is 3.69. The predicted molar refractivity (Wildman–Crippen MR) is 44.0 cm³/mol. The van der Waals surface area contributed by atoms with Gasteiger partial charge in [0, 0.05) is 7.05 Å². The number of aliphatic hydroxyl groups excluding tert-OH is 1. The summed E-state index contributed by atoms with van der Waals surface area (Å²) in [5.41, 5.74) is 10.7. The van der Waals surface area contributed by atoms with Crippen LogP contribution in [0.5, 0.6) is 0 Å². The fourth-order valence-corrected chi connectivity index (χ4v) is 0.845. The van der Waals surface area contributed by atoms with Crippen LogP contribution in [0.3, 0.4) is 0 Å². The maximum absolute atomic E-state index is 9.38. The van der Waals surface area contributed by atoms with Crippen LogP contribution in [0.1, 0.15) is 18.3 Å². The van der Waals surface area contributed by atoms with Crippen molar-refractivity contribution in [3.8, 4) is 0 Å². The average Bonchev–Trinajstić information content (AvgIpc) is 2.33. The number of rotatable bonds is 3. The minimum Gasteiger partial charge on any atom is -0.385 e. The van der Waals surface area contributed by atoms with Crippen LogP contribution in [0.2, 0.25) is 0 Å². The Balaban J connectivity index is 2.74. The Morgan fingerprint density at radius 2 is 2.33 bits per heavy atom. The van der Waals surface area contributed by atoms with Crippen molar-refractivity contribution < 1.29 is 5.11 Å². The monoisotopic (exact) mass is 171 g/mol. The van der Waals surface area contributed by atoms with Gasteiger partial charge in [-0.25, -0.2) is 4.68 Å². The highest BCUT2D eigenvalue weighted by atomic mass is 16.3. The molecule has 12 heavy (non-hydrogen) atoms. The Hall–Kier alpha value is -1.14. The van der Waals surface area contributed by atoms with E-state index in [4.69, 9.17) is 11.5 Å². The van der Waals surface area contributed by atoms with E-state index in [1.807, 2.05) is 0 Å². The number of nitrogen functional groups attached to an aromatic ring is 1. The van der Waals surface area contributed by atoms with Crippen molar-refractivity contribution in [3.63, 3.8) is 0 Å². The van der Waals surface area contributed by atoms with E-state index in [9.17, 15) is 5.11 Å². The summed E-state index contributed by atoms with van der Waals surface area (Å²) in [7, 11) is 1.67. The van der Waals surface area contributed by atoms with Crippen LogP contribution in [0.4, 0.5) is 5.95 Å². The number of anilines is 1. The molecule has 0 bridgehead atoms. The summed E-state index contributed by atoms with van der Waals surface area (Å²) in [5.74, 6) is 0.626. The highest BCUT2D eigenvalue weighted by Gasteiger charge is 2.12. The molecule has 0 saturated carbocycles. The molecule has 0 aliphatic carbocycles. The maximum atomic E-state index is 9.38. The van der Waals surface area contributed by atoms with Crippen molar-refractivity contribution in [2.75, 3.05) is 12.3 Å². The van der Waals surface area contributed by atoms with Crippen molar-refractivity contribution in [1.82, 2.24) is 14.8 Å². The molecule has 0 unspecified atom stereocenters. The standard InChI is InChI=1S/C6H13N5O/c1-11-6(8)9-5(10-11)4(12)2-3-7/h4,12H,2-3,7H2,1H3,(H2,8,9,10)/t4-/m0/s1. The van der Waals surface area contributed by atoms with Crippen LogP contribution in [0.15, 0.2) is 0 Å². The van der Waals surface area contributed by atoms with Crippen LogP contribution in [0.25, 0.3) is 0 Å². The lowest BCUT2D eigenvalue weighted by Crippen LogP contribution is -2.08. The lowest BCUT2D eigenvalue weighted by Gasteiger charge is -2.01. The van der Waals surface area contributed by atoms with Gasteiger partial charge < -0.3 is 16.6 Å². The predicted octanol–water partition coefficient (Wildman–Crippen LogP) is -1.22. The third-order valence-corrected chi connectivity index (χ3v) is 1.55. The molecule has 1 rings (SSSR count). The van der Waals surface area contributed by atoms with Gasteiger partial charge in [-0.05, 0) is 13.0 Å². The Labute approximate surface area is 70.2 Å². The third-order valence-electron chi connectivity index (χ3n) is 1.55. The zero-order valence-corrected chi connectivity index (χ0v) is 6.94. The SMILES string of the molecule is Cn1nc([C@@H](O)CCN)nc1N. The van der Waals surface area contributed by atoms with Crippen molar-refractivity contribution in [3.05, 3.63) is 5.82 Å². The van der Waals surface area contributed by atoms with Crippen LogP contribution >= 0.6 is 0 Å². The molecule has 0 aromatic carbocycles. The first-order chi connectivity index (χ1) is 5.65. The van der Waals surface area contributed by atoms with Gasteiger partial charge in [0.1, 0.15) is 6.10 Å². The summed E-state index contributed by atoms with van der Waals surface area (Å²) in [6, 6.07) is 0. The molecule has 5 N–H and O–H groups in total. The van der Waals surface area contributed by atoms with Gasteiger partial charge in [0.05, 0.1) is 0 Å². The molecular weight excluding hydrogens is 158 g/mol.